The first kappa shape index (κ1) is 17.5. The monoisotopic (exact) mass is 294 g/mol. The van der Waals surface area contributed by atoms with Gasteiger partial charge in [-0.15, -0.1) is 0 Å². The van der Waals surface area contributed by atoms with E-state index >= 15 is 0 Å². The topological polar surface area (TPSA) is 119 Å². The van der Waals surface area contributed by atoms with Crippen LogP contribution in [0.5, 0.6) is 0 Å². The van der Waals surface area contributed by atoms with Gasteiger partial charge in [-0.2, -0.15) is 0 Å². The molecule has 0 bridgehead atoms. The zero-order chi connectivity index (χ0) is 15.1. The molecule has 0 aromatic carbocycles. The van der Waals surface area contributed by atoms with E-state index in [0.717, 1.165) is 12.2 Å². The van der Waals surface area contributed by atoms with Gasteiger partial charge in [0.1, 0.15) is 18.8 Å². The Balaban J connectivity index is 4.74. The van der Waals surface area contributed by atoms with Crippen molar-refractivity contribution < 1.29 is 37.9 Å². The number of ether oxygens (including phenoxy) is 2. The van der Waals surface area contributed by atoms with Gasteiger partial charge in [0.05, 0.1) is 0 Å². The third-order valence-electron chi connectivity index (χ3n) is 1.71. The van der Waals surface area contributed by atoms with Crippen LogP contribution in [0.3, 0.4) is 0 Å². The Bertz CT molecular complexity index is 386. The zero-order valence-corrected chi connectivity index (χ0v) is 11.2. The minimum Gasteiger partial charge on any atom is -0.459 e. The van der Waals surface area contributed by atoms with Gasteiger partial charge in [0.2, 0.25) is 0 Å². The van der Waals surface area contributed by atoms with E-state index in [0.29, 0.717) is 0 Å². The number of phosphoric acid groups is 1. The molecule has 0 radical (unpaired) electrons. The molecule has 19 heavy (non-hydrogen) atoms. The van der Waals surface area contributed by atoms with Crippen molar-refractivity contribution in [3.8, 4) is 0 Å². The van der Waals surface area contributed by atoms with Gasteiger partial charge in [0.25, 0.3) is 0 Å². The Morgan fingerprint density at radius 2 is 1.53 bits per heavy atom. The molecule has 2 N–H and O–H groups in total. The lowest BCUT2D eigenvalue weighted by atomic mass is 10.1. The molecule has 0 amide bonds. The summed E-state index contributed by atoms with van der Waals surface area (Å²) in [6.45, 7) is 6.45. The van der Waals surface area contributed by atoms with Crippen LogP contribution in [0.2, 0.25) is 0 Å². The van der Waals surface area contributed by atoms with Crippen LogP contribution in [0, 0.1) is 0 Å². The Morgan fingerprint density at radius 3 is 1.79 bits per heavy atom. The summed E-state index contributed by atoms with van der Waals surface area (Å²) < 4.78 is 24.5. The van der Waals surface area contributed by atoms with Crippen LogP contribution in [-0.4, -0.2) is 40.5 Å². The van der Waals surface area contributed by atoms with E-state index in [1.54, 1.807) is 0 Å². The van der Waals surface area contributed by atoms with Crippen molar-refractivity contribution in [2.75, 3.05) is 13.2 Å². The maximum absolute atomic E-state index is 10.9. The van der Waals surface area contributed by atoms with Crippen molar-refractivity contribution in [2.24, 2.45) is 0 Å². The third kappa shape index (κ3) is 8.28. The number of hydrogen-bond acceptors (Lipinski definition) is 6. The van der Waals surface area contributed by atoms with Gasteiger partial charge in [-0.1, -0.05) is 13.2 Å². The largest absolute Gasteiger partial charge is 0.470 e. The molecule has 108 valence electrons. The van der Waals surface area contributed by atoms with Crippen molar-refractivity contribution in [3.63, 3.8) is 0 Å². The third-order valence-corrected chi connectivity index (χ3v) is 2.39. The predicted octanol–water partition coefficient (Wildman–Crippen LogP) is 0.313. The molecule has 0 saturated carbocycles. The lowest BCUT2D eigenvalue weighted by Gasteiger charge is -2.28. The van der Waals surface area contributed by atoms with Crippen LogP contribution < -0.4 is 0 Å². The molecule has 0 aliphatic rings. The molecule has 0 aliphatic heterocycles. The standard InChI is InChI=1S/C10H15O8P/c1-4-8(11)16-6-10(3,18-19(13,14)15)7-17-9(12)5-2/h4-5H,1-2,6-7H2,3H3,(H2,13,14,15). The Hall–Kier alpha value is -1.47. The molecule has 0 aromatic heterocycles. The van der Waals surface area contributed by atoms with Crippen molar-refractivity contribution in [3.05, 3.63) is 25.3 Å². The molecule has 0 spiro atoms. The zero-order valence-electron chi connectivity index (χ0n) is 10.3. The predicted molar refractivity (Wildman–Crippen MR) is 63.8 cm³/mol. The summed E-state index contributed by atoms with van der Waals surface area (Å²) in [6, 6.07) is 0. The second-order valence-electron chi connectivity index (χ2n) is 3.66. The average molecular weight is 294 g/mol. The van der Waals surface area contributed by atoms with E-state index in [1.165, 1.54) is 6.92 Å². The van der Waals surface area contributed by atoms with Gasteiger partial charge in [-0.3, -0.25) is 4.52 Å². The molecule has 0 fully saturated rings. The van der Waals surface area contributed by atoms with Crippen LogP contribution in [0.25, 0.3) is 0 Å². The van der Waals surface area contributed by atoms with Gasteiger partial charge >= 0.3 is 19.8 Å². The molecular weight excluding hydrogens is 279 g/mol. The minimum atomic E-state index is -4.86. The molecule has 0 unspecified atom stereocenters. The van der Waals surface area contributed by atoms with E-state index in [4.69, 9.17) is 9.79 Å². The van der Waals surface area contributed by atoms with Gasteiger partial charge in [-0.05, 0) is 6.92 Å². The fraction of sp³-hybridized carbons (Fsp3) is 0.400. The fourth-order valence-corrected chi connectivity index (χ4v) is 1.63. The van der Waals surface area contributed by atoms with Gasteiger partial charge in [0, 0.05) is 12.2 Å². The van der Waals surface area contributed by atoms with Crippen molar-refractivity contribution in [2.45, 2.75) is 12.5 Å². The summed E-state index contributed by atoms with van der Waals surface area (Å²) in [5, 5.41) is 0. The molecule has 9 heteroatoms. The minimum absolute atomic E-state index is 0.534. The van der Waals surface area contributed by atoms with Gasteiger partial charge < -0.3 is 19.3 Å². The maximum atomic E-state index is 10.9. The van der Waals surface area contributed by atoms with E-state index in [9.17, 15) is 14.2 Å². The normalized spacial score (nSPS) is 11.5. The van der Waals surface area contributed by atoms with E-state index < -0.39 is 38.6 Å². The molecule has 0 heterocycles. The smallest absolute Gasteiger partial charge is 0.459 e. The summed E-state index contributed by atoms with van der Waals surface area (Å²) in [7, 11) is -4.86. The number of carbonyl (C=O) groups excluding carboxylic acids is 2. The SMILES string of the molecule is C=CC(=O)OCC(C)(COC(=O)C=C)OP(=O)(O)O. The van der Waals surface area contributed by atoms with Crippen LogP contribution >= 0.6 is 7.82 Å². The van der Waals surface area contributed by atoms with Crippen molar-refractivity contribution >= 4 is 19.8 Å². The molecule has 0 rings (SSSR count). The number of carbonyl (C=O) groups is 2. The summed E-state index contributed by atoms with van der Waals surface area (Å²) in [5.41, 5.74) is -1.70. The summed E-state index contributed by atoms with van der Waals surface area (Å²) in [6.07, 6.45) is 1.74. The lowest BCUT2D eigenvalue weighted by Crippen LogP contribution is -2.40. The summed E-state index contributed by atoms with van der Waals surface area (Å²) in [5.74, 6) is -1.62. The molecule has 8 nitrogen and oxygen atoms in total. The van der Waals surface area contributed by atoms with Crippen LogP contribution in [0.4, 0.5) is 0 Å². The Morgan fingerprint density at radius 1 is 1.16 bits per heavy atom. The highest BCUT2D eigenvalue weighted by Crippen LogP contribution is 2.41. The first-order valence-electron chi connectivity index (χ1n) is 4.96. The van der Waals surface area contributed by atoms with Crippen molar-refractivity contribution in [1.82, 2.24) is 0 Å². The number of rotatable bonds is 8. The molecule has 0 aromatic rings. The van der Waals surface area contributed by atoms with E-state index in [2.05, 4.69) is 27.2 Å². The van der Waals surface area contributed by atoms with Crippen molar-refractivity contribution in [1.29, 1.82) is 0 Å². The highest BCUT2D eigenvalue weighted by atomic mass is 31.2. The van der Waals surface area contributed by atoms with E-state index in [1.807, 2.05) is 0 Å². The number of hydrogen-bond donors (Lipinski definition) is 2. The van der Waals surface area contributed by atoms with Crippen LogP contribution in [0.15, 0.2) is 25.3 Å². The highest BCUT2D eigenvalue weighted by Gasteiger charge is 2.36. The first-order chi connectivity index (χ1) is 8.62. The van der Waals surface area contributed by atoms with Gasteiger partial charge in [-0.25, -0.2) is 14.2 Å². The quantitative estimate of drug-likeness (QED) is 0.373. The summed E-state index contributed by atoms with van der Waals surface area (Å²) in [4.78, 5) is 39.3. The lowest BCUT2D eigenvalue weighted by molar-refractivity contribution is -0.153. The second kappa shape index (κ2) is 7.20. The molecule has 0 atom stereocenters. The van der Waals surface area contributed by atoms with Crippen LogP contribution in [-0.2, 0) is 28.2 Å². The van der Waals surface area contributed by atoms with E-state index in [-0.39, 0.29) is 0 Å². The average Bonchev–Trinajstić information content (AvgIpc) is 2.31. The second-order valence-corrected chi connectivity index (χ2v) is 4.82. The van der Waals surface area contributed by atoms with Gasteiger partial charge in [0.15, 0.2) is 0 Å². The Kier molecular flexibility index (Phi) is 6.64. The number of esters is 2. The highest BCUT2D eigenvalue weighted by molar-refractivity contribution is 7.46. The number of phosphoric ester groups is 1. The first-order valence-corrected chi connectivity index (χ1v) is 6.49. The summed E-state index contributed by atoms with van der Waals surface area (Å²) >= 11 is 0. The molecule has 0 saturated heterocycles. The molecule has 0 aliphatic carbocycles. The maximum Gasteiger partial charge on any atom is 0.470 e. The Labute approximate surface area is 109 Å². The van der Waals surface area contributed by atoms with Crippen LogP contribution in [0.1, 0.15) is 6.92 Å². The fourth-order valence-electron chi connectivity index (χ4n) is 0.947. The molecular formula is C10H15O8P.